The highest BCUT2D eigenvalue weighted by atomic mass is 16.6. The Morgan fingerprint density at radius 2 is 1.79 bits per heavy atom. The Hall–Kier alpha value is -3.82. The molecule has 2 aromatic rings. The smallest absolute Gasteiger partial charge is 0.341 e. The highest BCUT2D eigenvalue weighted by Crippen LogP contribution is 2.29. The second-order valence-corrected chi connectivity index (χ2v) is 5.64. The van der Waals surface area contributed by atoms with Gasteiger partial charge in [0.2, 0.25) is 0 Å². The first-order chi connectivity index (χ1) is 13.3. The van der Waals surface area contributed by atoms with Gasteiger partial charge in [0.25, 0.3) is 11.6 Å². The number of ether oxygens (including phenoxy) is 3. The molecule has 0 unspecified atom stereocenters. The lowest BCUT2D eigenvalue weighted by molar-refractivity contribution is -0.384. The summed E-state index contributed by atoms with van der Waals surface area (Å²) in [6.45, 7) is 1.38. The topological polar surface area (TPSA) is 143 Å². The second kappa shape index (κ2) is 8.71. The van der Waals surface area contributed by atoms with E-state index in [9.17, 15) is 19.7 Å². The van der Waals surface area contributed by atoms with Crippen LogP contribution in [0.15, 0.2) is 36.4 Å². The van der Waals surface area contributed by atoms with Crippen LogP contribution in [0.25, 0.3) is 0 Å². The van der Waals surface area contributed by atoms with Gasteiger partial charge in [-0.05, 0) is 25.1 Å². The Kier molecular flexibility index (Phi) is 6.38. The van der Waals surface area contributed by atoms with Crippen molar-refractivity contribution in [3.05, 3.63) is 52.1 Å². The van der Waals surface area contributed by atoms with Crippen LogP contribution < -0.4 is 20.5 Å². The molecule has 148 valence electrons. The maximum atomic E-state index is 12.3. The molecule has 0 radical (unpaired) electrons. The molecule has 3 N–H and O–H groups in total. The van der Waals surface area contributed by atoms with Crippen molar-refractivity contribution in [3.8, 4) is 11.5 Å². The number of non-ortho nitro benzene ring substituents is 1. The highest BCUT2D eigenvalue weighted by molar-refractivity contribution is 5.99. The normalized spacial score (nSPS) is 11.2. The number of hydrogen-bond acceptors (Lipinski definition) is 8. The fraction of sp³-hybridized carbons (Fsp3) is 0.222. The van der Waals surface area contributed by atoms with Crippen LogP contribution >= 0.6 is 0 Å². The number of nitro groups is 1. The van der Waals surface area contributed by atoms with Gasteiger partial charge in [-0.1, -0.05) is 0 Å². The molecular formula is C18H19N3O7. The third-order valence-corrected chi connectivity index (χ3v) is 3.77. The molecule has 0 aliphatic rings. The summed E-state index contributed by atoms with van der Waals surface area (Å²) in [5, 5.41) is 13.3. The van der Waals surface area contributed by atoms with Crippen molar-refractivity contribution in [1.29, 1.82) is 0 Å². The van der Waals surface area contributed by atoms with Gasteiger partial charge in [0, 0.05) is 23.9 Å². The molecule has 0 aliphatic heterocycles. The van der Waals surface area contributed by atoms with Gasteiger partial charge in [-0.25, -0.2) is 4.79 Å². The molecular weight excluding hydrogens is 370 g/mol. The SMILES string of the molecule is COc1ccc(NC(=O)[C@H](C)OC(=O)c2ccc([N+](=O)[O-])cc2N)cc1OC. The number of nitrogens with zero attached hydrogens (tertiary/aromatic N) is 1. The molecule has 0 aliphatic carbocycles. The number of nitrogens with one attached hydrogen (secondary N) is 1. The summed E-state index contributed by atoms with van der Waals surface area (Å²) >= 11 is 0. The summed E-state index contributed by atoms with van der Waals surface area (Å²) in [7, 11) is 2.95. The van der Waals surface area contributed by atoms with Gasteiger partial charge in [0.15, 0.2) is 17.6 Å². The van der Waals surface area contributed by atoms with Crippen LogP contribution in [-0.4, -0.2) is 37.1 Å². The molecule has 0 aromatic heterocycles. The average Bonchev–Trinajstić information content (AvgIpc) is 2.67. The van der Waals surface area contributed by atoms with Crippen molar-refractivity contribution >= 4 is 28.9 Å². The standard InChI is InChI=1S/C18H19N3O7/c1-10(17(22)20-11-4-7-15(26-2)16(8-11)27-3)28-18(23)13-6-5-12(21(24)25)9-14(13)19/h4-10H,19H2,1-3H3,(H,20,22)/t10-/m0/s1. The van der Waals surface area contributed by atoms with Gasteiger partial charge < -0.3 is 25.3 Å². The van der Waals surface area contributed by atoms with E-state index < -0.39 is 22.9 Å². The van der Waals surface area contributed by atoms with Crippen LogP contribution in [0.1, 0.15) is 17.3 Å². The highest BCUT2D eigenvalue weighted by Gasteiger charge is 2.22. The van der Waals surface area contributed by atoms with E-state index in [1.165, 1.54) is 27.2 Å². The maximum Gasteiger partial charge on any atom is 0.341 e. The van der Waals surface area contributed by atoms with E-state index in [0.717, 1.165) is 12.1 Å². The predicted molar refractivity (Wildman–Crippen MR) is 101 cm³/mol. The number of amides is 1. The zero-order valence-corrected chi connectivity index (χ0v) is 15.4. The zero-order valence-electron chi connectivity index (χ0n) is 15.4. The molecule has 1 atom stereocenters. The van der Waals surface area contributed by atoms with Crippen LogP contribution in [0.4, 0.5) is 17.1 Å². The molecule has 2 aromatic carbocycles. The summed E-state index contributed by atoms with van der Waals surface area (Å²) in [5.74, 6) is -0.541. The predicted octanol–water partition coefficient (Wildman–Crippen LogP) is 2.38. The molecule has 0 saturated heterocycles. The van der Waals surface area contributed by atoms with Gasteiger partial charge >= 0.3 is 5.97 Å². The lowest BCUT2D eigenvalue weighted by atomic mass is 10.1. The number of nitrogen functional groups attached to an aromatic ring is 1. The van der Waals surface area contributed by atoms with Gasteiger partial charge in [-0.15, -0.1) is 0 Å². The Labute approximate surface area is 160 Å². The van der Waals surface area contributed by atoms with Gasteiger partial charge in [-0.3, -0.25) is 14.9 Å². The summed E-state index contributed by atoms with van der Waals surface area (Å²) in [4.78, 5) is 34.6. The molecule has 10 nitrogen and oxygen atoms in total. The monoisotopic (exact) mass is 389 g/mol. The van der Waals surface area contributed by atoms with Crippen molar-refractivity contribution in [3.63, 3.8) is 0 Å². The fourth-order valence-corrected chi connectivity index (χ4v) is 2.29. The van der Waals surface area contributed by atoms with Crippen molar-refractivity contribution in [2.75, 3.05) is 25.3 Å². The average molecular weight is 389 g/mol. The van der Waals surface area contributed by atoms with E-state index in [4.69, 9.17) is 19.9 Å². The Morgan fingerprint density at radius 3 is 2.36 bits per heavy atom. The van der Waals surface area contributed by atoms with Crippen molar-refractivity contribution < 1.29 is 28.7 Å². The molecule has 0 fully saturated rings. The van der Waals surface area contributed by atoms with E-state index >= 15 is 0 Å². The minimum absolute atomic E-state index is 0.0728. The van der Waals surface area contributed by atoms with Crippen molar-refractivity contribution in [2.24, 2.45) is 0 Å². The number of methoxy groups -OCH3 is 2. The van der Waals surface area contributed by atoms with Gasteiger partial charge in [-0.2, -0.15) is 0 Å². The quantitative estimate of drug-likeness (QED) is 0.318. The van der Waals surface area contributed by atoms with Crippen LogP contribution in [0.2, 0.25) is 0 Å². The number of carbonyl (C=O) groups is 2. The molecule has 0 saturated carbocycles. The fourth-order valence-electron chi connectivity index (χ4n) is 2.29. The number of esters is 1. The van der Waals surface area contributed by atoms with E-state index in [2.05, 4.69) is 5.32 Å². The lowest BCUT2D eigenvalue weighted by Gasteiger charge is -2.15. The number of hydrogen-bond donors (Lipinski definition) is 2. The van der Waals surface area contributed by atoms with E-state index in [0.29, 0.717) is 17.2 Å². The van der Waals surface area contributed by atoms with Gasteiger partial charge in [0.05, 0.1) is 30.4 Å². The van der Waals surface area contributed by atoms with E-state index in [1.54, 1.807) is 18.2 Å². The van der Waals surface area contributed by atoms with Crippen LogP contribution in [0, 0.1) is 10.1 Å². The minimum Gasteiger partial charge on any atom is -0.493 e. The first-order valence-corrected chi connectivity index (χ1v) is 8.04. The molecule has 10 heteroatoms. The summed E-state index contributed by atoms with van der Waals surface area (Å²) in [6, 6.07) is 8.12. The van der Waals surface area contributed by atoms with Crippen molar-refractivity contribution in [2.45, 2.75) is 13.0 Å². The largest absolute Gasteiger partial charge is 0.493 e. The number of benzene rings is 2. The molecule has 0 bridgehead atoms. The Bertz CT molecular complexity index is 914. The first-order valence-electron chi connectivity index (χ1n) is 8.04. The molecule has 0 heterocycles. The third kappa shape index (κ3) is 4.67. The second-order valence-electron chi connectivity index (χ2n) is 5.64. The summed E-state index contributed by atoms with van der Waals surface area (Å²) < 4.78 is 15.4. The first kappa shape index (κ1) is 20.5. The minimum atomic E-state index is -1.14. The molecule has 28 heavy (non-hydrogen) atoms. The number of carbonyl (C=O) groups excluding carboxylic acids is 2. The van der Waals surface area contributed by atoms with E-state index in [1.807, 2.05) is 0 Å². The van der Waals surface area contributed by atoms with Gasteiger partial charge in [0.1, 0.15) is 0 Å². The molecule has 2 rings (SSSR count). The molecule has 1 amide bonds. The number of anilines is 2. The number of nitrogens with two attached hydrogens (primary N) is 1. The summed E-state index contributed by atoms with van der Waals surface area (Å²) in [5.41, 5.74) is 5.63. The number of nitro benzene ring substituents is 1. The summed E-state index contributed by atoms with van der Waals surface area (Å²) in [6.07, 6.45) is -1.14. The van der Waals surface area contributed by atoms with Crippen LogP contribution in [0.3, 0.4) is 0 Å². The lowest BCUT2D eigenvalue weighted by Crippen LogP contribution is -2.30. The zero-order chi connectivity index (χ0) is 20.8. The Balaban J connectivity index is 2.06. The number of rotatable bonds is 7. The maximum absolute atomic E-state index is 12.3. The third-order valence-electron chi connectivity index (χ3n) is 3.77. The van der Waals surface area contributed by atoms with E-state index in [-0.39, 0.29) is 16.9 Å². The van der Waals surface area contributed by atoms with Crippen LogP contribution in [-0.2, 0) is 9.53 Å². The van der Waals surface area contributed by atoms with Crippen LogP contribution in [0.5, 0.6) is 11.5 Å². The van der Waals surface area contributed by atoms with Crippen molar-refractivity contribution in [1.82, 2.24) is 0 Å². The molecule has 0 spiro atoms. The Morgan fingerprint density at radius 1 is 1.11 bits per heavy atom.